The second-order valence-electron chi connectivity index (χ2n) is 6.40. The summed E-state index contributed by atoms with van der Waals surface area (Å²) in [6.45, 7) is 3.31. The molecular formula is C18H27N3O3S. The van der Waals surface area contributed by atoms with E-state index >= 15 is 0 Å². The third-order valence-corrected chi connectivity index (χ3v) is 5.49. The Bertz CT molecular complexity index is 605. The second kappa shape index (κ2) is 9.10. The number of urea groups is 1. The van der Waals surface area contributed by atoms with Gasteiger partial charge in [0.1, 0.15) is 0 Å². The van der Waals surface area contributed by atoms with E-state index in [1.165, 1.54) is 4.90 Å². The lowest BCUT2D eigenvalue weighted by molar-refractivity contribution is -0.139. The van der Waals surface area contributed by atoms with Crippen LogP contribution in [-0.4, -0.2) is 65.4 Å². The van der Waals surface area contributed by atoms with Gasteiger partial charge in [0.2, 0.25) is 0 Å². The number of hydrogen-bond donors (Lipinski definition) is 2. The topological polar surface area (TPSA) is 72.9 Å². The van der Waals surface area contributed by atoms with Gasteiger partial charge in [-0.15, -0.1) is 11.8 Å². The zero-order valence-corrected chi connectivity index (χ0v) is 15.9. The van der Waals surface area contributed by atoms with Gasteiger partial charge in [-0.1, -0.05) is 25.1 Å². The van der Waals surface area contributed by atoms with E-state index in [1.54, 1.807) is 23.7 Å². The quantitative estimate of drug-likeness (QED) is 0.693. The van der Waals surface area contributed by atoms with Crippen LogP contribution in [0.15, 0.2) is 29.2 Å². The molecule has 0 aromatic heterocycles. The molecule has 0 heterocycles. The Labute approximate surface area is 153 Å². The maximum Gasteiger partial charge on any atom is 0.317 e. The number of likely N-dealkylation sites (N-methyl/N-ethyl adjacent to an activating group) is 1. The fourth-order valence-electron chi connectivity index (χ4n) is 3.12. The van der Waals surface area contributed by atoms with Gasteiger partial charge in [-0.2, -0.15) is 0 Å². The van der Waals surface area contributed by atoms with Gasteiger partial charge in [0, 0.05) is 30.6 Å². The Hall–Kier alpha value is -1.73. The van der Waals surface area contributed by atoms with Crippen LogP contribution in [0.4, 0.5) is 4.79 Å². The van der Waals surface area contributed by atoms with E-state index < -0.39 is 5.97 Å². The molecule has 1 aromatic rings. The molecule has 0 bridgehead atoms. The number of benzene rings is 1. The van der Waals surface area contributed by atoms with Crippen molar-refractivity contribution in [1.29, 1.82) is 0 Å². The smallest absolute Gasteiger partial charge is 0.317 e. The number of carbonyl (C=O) groups excluding carboxylic acids is 1. The highest BCUT2D eigenvalue weighted by atomic mass is 32.2. The molecule has 1 fully saturated rings. The summed E-state index contributed by atoms with van der Waals surface area (Å²) in [7, 11) is 1.80. The molecule has 1 aliphatic carbocycles. The fraction of sp³-hybridized carbons (Fsp3) is 0.556. The number of nitrogens with one attached hydrogen (secondary N) is 1. The number of carboxylic acid groups (broad SMARTS) is 1. The Morgan fingerprint density at radius 1 is 1.32 bits per heavy atom. The summed E-state index contributed by atoms with van der Waals surface area (Å²) in [6, 6.07) is 8.37. The largest absolute Gasteiger partial charge is 0.480 e. The maximum absolute atomic E-state index is 12.4. The SMILES string of the molecule is CCN(CC(=O)O)C1CC(NC(=O)N(C)Cc2ccccc2SC)C1. The predicted octanol–water partition coefficient (Wildman–Crippen LogP) is 2.49. The van der Waals surface area contributed by atoms with E-state index in [0.29, 0.717) is 13.1 Å². The van der Waals surface area contributed by atoms with E-state index in [9.17, 15) is 9.59 Å². The summed E-state index contributed by atoms with van der Waals surface area (Å²) < 4.78 is 0. The summed E-state index contributed by atoms with van der Waals surface area (Å²) >= 11 is 1.68. The van der Waals surface area contributed by atoms with Crippen LogP contribution in [0.25, 0.3) is 0 Å². The van der Waals surface area contributed by atoms with Crippen molar-refractivity contribution in [3.8, 4) is 0 Å². The zero-order valence-electron chi connectivity index (χ0n) is 15.1. The van der Waals surface area contributed by atoms with Crippen LogP contribution in [0.2, 0.25) is 0 Å². The molecule has 2 amide bonds. The Balaban J connectivity index is 1.80. The molecule has 25 heavy (non-hydrogen) atoms. The third kappa shape index (κ3) is 5.37. The van der Waals surface area contributed by atoms with Crippen LogP contribution in [0, 0.1) is 0 Å². The summed E-state index contributed by atoms with van der Waals surface area (Å²) in [4.78, 5) is 28.1. The minimum Gasteiger partial charge on any atom is -0.480 e. The van der Waals surface area contributed by atoms with Crippen molar-refractivity contribution in [2.75, 3.05) is 26.4 Å². The van der Waals surface area contributed by atoms with Gasteiger partial charge < -0.3 is 15.3 Å². The van der Waals surface area contributed by atoms with E-state index in [0.717, 1.165) is 18.4 Å². The van der Waals surface area contributed by atoms with Crippen molar-refractivity contribution in [3.63, 3.8) is 0 Å². The van der Waals surface area contributed by atoms with Crippen LogP contribution >= 0.6 is 11.8 Å². The lowest BCUT2D eigenvalue weighted by Crippen LogP contribution is -2.56. The van der Waals surface area contributed by atoms with Crippen molar-refractivity contribution < 1.29 is 14.7 Å². The summed E-state index contributed by atoms with van der Waals surface area (Å²) in [5, 5.41) is 12.0. The van der Waals surface area contributed by atoms with E-state index in [2.05, 4.69) is 11.4 Å². The number of rotatable bonds is 8. The van der Waals surface area contributed by atoms with Gasteiger partial charge in [0.25, 0.3) is 0 Å². The number of nitrogens with zero attached hydrogens (tertiary/aromatic N) is 2. The summed E-state index contributed by atoms with van der Waals surface area (Å²) in [5.74, 6) is -0.804. The van der Waals surface area contributed by atoms with Crippen molar-refractivity contribution in [3.05, 3.63) is 29.8 Å². The average molecular weight is 365 g/mol. The average Bonchev–Trinajstić information content (AvgIpc) is 2.55. The van der Waals surface area contributed by atoms with E-state index in [-0.39, 0.29) is 24.7 Å². The first-order valence-corrected chi connectivity index (χ1v) is 9.76. The molecular weight excluding hydrogens is 338 g/mol. The van der Waals surface area contributed by atoms with Gasteiger partial charge in [0.05, 0.1) is 6.54 Å². The Kier molecular flexibility index (Phi) is 7.13. The summed E-state index contributed by atoms with van der Waals surface area (Å²) in [5.41, 5.74) is 1.14. The number of carboxylic acids is 1. The molecule has 0 spiro atoms. The van der Waals surface area contributed by atoms with Crippen molar-refractivity contribution in [2.24, 2.45) is 0 Å². The molecule has 2 N–H and O–H groups in total. The molecule has 0 saturated heterocycles. The minimum atomic E-state index is -0.804. The predicted molar refractivity (Wildman–Crippen MR) is 99.9 cm³/mol. The highest BCUT2D eigenvalue weighted by Crippen LogP contribution is 2.26. The van der Waals surface area contributed by atoms with Gasteiger partial charge in [-0.25, -0.2) is 4.79 Å². The Morgan fingerprint density at radius 2 is 2.00 bits per heavy atom. The molecule has 1 saturated carbocycles. The standard InChI is InChI=1S/C18H27N3O3S/c1-4-21(12-17(22)23)15-9-14(10-15)19-18(24)20(2)11-13-7-5-6-8-16(13)25-3/h5-8,14-15H,4,9-12H2,1-3H3,(H,19,24)(H,22,23). The van der Waals surface area contributed by atoms with Crippen LogP contribution in [0.5, 0.6) is 0 Å². The van der Waals surface area contributed by atoms with Crippen molar-refractivity contribution >= 4 is 23.8 Å². The molecule has 1 aromatic carbocycles. The lowest BCUT2D eigenvalue weighted by atomic mass is 9.85. The normalized spacial score (nSPS) is 19.4. The van der Waals surface area contributed by atoms with Crippen molar-refractivity contribution in [1.82, 2.24) is 15.1 Å². The number of aliphatic carboxylic acids is 1. The van der Waals surface area contributed by atoms with Gasteiger partial charge in [0.15, 0.2) is 0 Å². The fourth-order valence-corrected chi connectivity index (χ4v) is 3.73. The molecule has 0 aliphatic heterocycles. The molecule has 7 heteroatoms. The van der Waals surface area contributed by atoms with Gasteiger partial charge in [-0.3, -0.25) is 9.69 Å². The molecule has 6 nitrogen and oxygen atoms in total. The summed E-state index contributed by atoms with van der Waals surface area (Å²) in [6.07, 6.45) is 3.65. The minimum absolute atomic E-state index is 0.0627. The third-order valence-electron chi connectivity index (χ3n) is 4.65. The monoisotopic (exact) mass is 365 g/mol. The van der Waals surface area contributed by atoms with Gasteiger partial charge >= 0.3 is 12.0 Å². The second-order valence-corrected chi connectivity index (χ2v) is 7.24. The van der Waals surface area contributed by atoms with E-state index in [4.69, 9.17) is 5.11 Å². The molecule has 138 valence electrons. The van der Waals surface area contributed by atoms with Crippen LogP contribution in [0.1, 0.15) is 25.3 Å². The molecule has 0 unspecified atom stereocenters. The molecule has 1 aliphatic rings. The van der Waals surface area contributed by atoms with Crippen LogP contribution in [-0.2, 0) is 11.3 Å². The van der Waals surface area contributed by atoms with Crippen LogP contribution in [0.3, 0.4) is 0 Å². The van der Waals surface area contributed by atoms with E-state index in [1.807, 2.05) is 36.3 Å². The highest BCUT2D eigenvalue weighted by molar-refractivity contribution is 7.98. The first-order valence-electron chi connectivity index (χ1n) is 8.54. The number of hydrogen-bond acceptors (Lipinski definition) is 4. The Morgan fingerprint density at radius 3 is 2.60 bits per heavy atom. The molecule has 2 rings (SSSR count). The van der Waals surface area contributed by atoms with Crippen molar-refractivity contribution in [2.45, 2.75) is 43.3 Å². The zero-order chi connectivity index (χ0) is 18.4. The number of thioether (sulfide) groups is 1. The molecule has 0 atom stereocenters. The number of carbonyl (C=O) groups is 2. The first kappa shape index (κ1) is 19.6. The highest BCUT2D eigenvalue weighted by Gasteiger charge is 2.35. The first-order chi connectivity index (χ1) is 11.9. The van der Waals surface area contributed by atoms with Gasteiger partial charge in [-0.05, 0) is 37.3 Å². The van der Waals surface area contributed by atoms with Crippen LogP contribution < -0.4 is 5.32 Å². The maximum atomic E-state index is 12.4. The lowest BCUT2D eigenvalue weighted by Gasteiger charge is -2.42. The molecule has 0 radical (unpaired) electrons. The number of amides is 2.